The van der Waals surface area contributed by atoms with Gasteiger partial charge in [-0.25, -0.2) is 0 Å². The average Bonchev–Trinajstić information content (AvgIpc) is 2.64. The third-order valence-electron chi connectivity index (χ3n) is 3.45. The van der Waals surface area contributed by atoms with E-state index in [1.807, 2.05) is 0 Å². The van der Waals surface area contributed by atoms with E-state index in [1.54, 1.807) is 18.2 Å². The normalized spacial score (nSPS) is 29.3. The molecule has 1 aromatic rings. The second kappa shape index (κ2) is 4.47. The Kier molecular flexibility index (Phi) is 2.91. The Labute approximate surface area is 109 Å². The van der Waals surface area contributed by atoms with Crippen LogP contribution in [0.5, 0.6) is 0 Å². The van der Waals surface area contributed by atoms with Crippen molar-refractivity contribution in [3.8, 4) is 0 Å². The topological polar surface area (TPSA) is 73.6 Å². The minimum absolute atomic E-state index is 0.260. The van der Waals surface area contributed by atoms with Crippen LogP contribution in [0, 0.1) is 0 Å². The van der Waals surface area contributed by atoms with Crippen LogP contribution in [0.25, 0.3) is 0 Å². The van der Waals surface area contributed by atoms with Crippen molar-refractivity contribution in [3.05, 3.63) is 23.8 Å². The zero-order valence-electron chi connectivity index (χ0n) is 10.3. The number of amides is 1. The first-order valence-electron chi connectivity index (χ1n) is 6.25. The molecule has 3 N–H and O–H groups in total. The number of nitrogens with two attached hydrogens (primary N) is 1. The van der Waals surface area contributed by atoms with Gasteiger partial charge in [0.2, 0.25) is 0 Å². The number of ether oxygens (including phenoxy) is 2. The molecule has 1 fully saturated rings. The number of carbonyl (C=O) groups is 1. The van der Waals surface area contributed by atoms with Crippen LogP contribution in [0.3, 0.4) is 0 Å². The zero-order chi connectivity index (χ0) is 13.5. The van der Waals surface area contributed by atoms with E-state index < -0.39 is 12.5 Å². The number of anilines is 2. The van der Waals surface area contributed by atoms with Crippen LogP contribution in [0.4, 0.5) is 15.8 Å². The number of carbonyl (C=O) groups excluding carboxylic acids is 1. The number of hydrogen-bond acceptors (Lipinski definition) is 4. The summed E-state index contributed by atoms with van der Waals surface area (Å²) in [5.74, 6) is -1.85. The van der Waals surface area contributed by atoms with Crippen molar-refractivity contribution in [3.63, 3.8) is 0 Å². The first-order chi connectivity index (χ1) is 9.15. The van der Waals surface area contributed by atoms with Crippen LogP contribution >= 0.6 is 0 Å². The van der Waals surface area contributed by atoms with Gasteiger partial charge in [0.25, 0.3) is 11.7 Å². The van der Waals surface area contributed by atoms with Crippen molar-refractivity contribution in [2.24, 2.45) is 0 Å². The fraction of sp³-hybridized carbons (Fsp3) is 0.462. The SMILES string of the molecule is Nc1ccc2c(c1)[C@]1(OCCC(CCF)O1)C(=O)N2. The van der Waals surface area contributed by atoms with E-state index in [4.69, 9.17) is 15.2 Å². The zero-order valence-corrected chi connectivity index (χ0v) is 10.3. The summed E-state index contributed by atoms with van der Waals surface area (Å²) in [6.07, 6.45) is 0.518. The molecule has 2 aliphatic heterocycles. The monoisotopic (exact) mass is 266 g/mol. The predicted molar refractivity (Wildman–Crippen MR) is 67.2 cm³/mol. The summed E-state index contributed by atoms with van der Waals surface area (Å²) in [4.78, 5) is 12.2. The third-order valence-corrected chi connectivity index (χ3v) is 3.45. The number of fused-ring (bicyclic) bond motifs is 2. The molecule has 19 heavy (non-hydrogen) atoms. The maximum atomic E-state index is 12.5. The summed E-state index contributed by atoms with van der Waals surface area (Å²) < 4.78 is 23.8. The molecule has 0 aliphatic carbocycles. The van der Waals surface area contributed by atoms with Gasteiger partial charge in [0, 0.05) is 17.7 Å². The van der Waals surface area contributed by atoms with Crippen LogP contribution in [0.1, 0.15) is 18.4 Å². The molecule has 6 heteroatoms. The van der Waals surface area contributed by atoms with Crippen LogP contribution in [0.2, 0.25) is 0 Å². The summed E-state index contributed by atoms with van der Waals surface area (Å²) in [7, 11) is 0. The van der Waals surface area contributed by atoms with Crippen molar-refractivity contribution in [1.82, 2.24) is 0 Å². The van der Waals surface area contributed by atoms with E-state index >= 15 is 0 Å². The van der Waals surface area contributed by atoms with Gasteiger partial charge in [-0.2, -0.15) is 0 Å². The fourth-order valence-electron chi connectivity index (χ4n) is 2.52. The first-order valence-corrected chi connectivity index (χ1v) is 6.25. The highest BCUT2D eigenvalue weighted by Crippen LogP contribution is 2.44. The molecule has 3 rings (SSSR count). The van der Waals surface area contributed by atoms with Crippen molar-refractivity contribution >= 4 is 17.3 Å². The smallest absolute Gasteiger partial charge is 0.289 e. The highest BCUT2D eigenvalue weighted by atomic mass is 19.1. The highest BCUT2D eigenvalue weighted by molar-refractivity contribution is 6.04. The number of nitrogen functional groups attached to an aromatic ring is 1. The summed E-state index contributed by atoms with van der Waals surface area (Å²) in [5.41, 5.74) is 7.47. The second-order valence-electron chi connectivity index (χ2n) is 4.73. The number of alkyl halides is 1. The van der Waals surface area contributed by atoms with Crippen LogP contribution in [0.15, 0.2) is 18.2 Å². The first kappa shape index (κ1) is 12.4. The molecule has 5 nitrogen and oxygen atoms in total. The lowest BCUT2D eigenvalue weighted by Crippen LogP contribution is -2.47. The largest absolute Gasteiger partial charge is 0.399 e. The molecular formula is C13H15FN2O3. The van der Waals surface area contributed by atoms with Crippen LogP contribution in [-0.2, 0) is 20.1 Å². The quantitative estimate of drug-likeness (QED) is 0.796. The van der Waals surface area contributed by atoms with Gasteiger partial charge in [0.15, 0.2) is 0 Å². The molecule has 2 heterocycles. The van der Waals surface area contributed by atoms with Crippen molar-refractivity contribution in [2.75, 3.05) is 24.3 Å². The Bertz CT molecular complexity index is 521. The van der Waals surface area contributed by atoms with Gasteiger partial charge in [-0.05, 0) is 24.6 Å². The molecule has 0 aromatic heterocycles. The summed E-state index contributed by atoms with van der Waals surface area (Å²) >= 11 is 0. The Morgan fingerprint density at radius 1 is 1.53 bits per heavy atom. The minimum atomic E-state index is -1.47. The lowest BCUT2D eigenvalue weighted by atomic mass is 10.0. The number of rotatable bonds is 2. The lowest BCUT2D eigenvalue weighted by Gasteiger charge is -2.36. The number of hydrogen-bond donors (Lipinski definition) is 2. The van der Waals surface area contributed by atoms with E-state index in [1.165, 1.54) is 0 Å². The van der Waals surface area contributed by atoms with Gasteiger partial charge in [-0.1, -0.05) is 0 Å². The molecule has 1 unspecified atom stereocenters. The minimum Gasteiger partial charge on any atom is -0.399 e. The number of halogens is 1. The highest BCUT2D eigenvalue weighted by Gasteiger charge is 2.53. The van der Waals surface area contributed by atoms with Crippen molar-refractivity contribution in [2.45, 2.75) is 24.7 Å². The van der Waals surface area contributed by atoms with Gasteiger partial charge >= 0.3 is 0 Å². The van der Waals surface area contributed by atoms with Crippen LogP contribution in [-0.4, -0.2) is 25.3 Å². The van der Waals surface area contributed by atoms with Gasteiger partial charge < -0.3 is 20.5 Å². The van der Waals surface area contributed by atoms with E-state index in [0.717, 1.165) is 0 Å². The van der Waals surface area contributed by atoms with Gasteiger partial charge in [0.05, 0.1) is 25.1 Å². The molecule has 0 bridgehead atoms. The Balaban J connectivity index is 1.99. The maximum absolute atomic E-state index is 12.5. The molecule has 2 aliphatic rings. The lowest BCUT2D eigenvalue weighted by molar-refractivity contribution is -0.281. The Morgan fingerprint density at radius 2 is 2.37 bits per heavy atom. The van der Waals surface area contributed by atoms with E-state index in [9.17, 15) is 9.18 Å². The summed E-state index contributed by atoms with van der Waals surface area (Å²) in [5, 5.41) is 2.71. The van der Waals surface area contributed by atoms with Crippen molar-refractivity contribution in [1.29, 1.82) is 0 Å². The molecule has 0 saturated carbocycles. The molecule has 2 atom stereocenters. The number of benzene rings is 1. The molecule has 1 spiro atoms. The standard InChI is InChI=1S/C13H15FN2O3/c14-5-3-9-4-6-18-13(19-9)10-7-8(15)1-2-11(10)16-12(13)17/h1-2,7,9H,3-6,15H2,(H,16,17)/t9?,13-/m1/s1. The Hall–Kier alpha value is -1.66. The summed E-state index contributed by atoms with van der Waals surface area (Å²) in [6, 6.07) is 5.06. The predicted octanol–water partition coefficient (Wildman–Crippen LogP) is 1.54. The average molecular weight is 266 g/mol. The van der Waals surface area contributed by atoms with E-state index in [0.29, 0.717) is 30.0 Å². The molecular weight excluding hydrogens is 251 g/mol. The van der Waals surface area contributed by atoms with E-state index in [2.05, 4.69) is 5.32 Å². The second-order valence-corrected chi connectivity index (χ2v) is 4.73. The molecule has 102 valence electrons. The van der Waals surface area contributed by atoms with Gasteiger partial charge in [-0.15, -0.1) is 0 Å². The van der Waals surface area contributed by atoms with Gasteiger partial charge in [0.1, 0.15) is 0 Å². The molecule has 0 radical (unpaired) electrons. The Morgan fingerprint density at radius 3 is 3.16 bits per heavy atom. The molecule has 1 amide bonds. The van der Waals surface area contributed by atoms with Gasteiger partial charge in [-0.3, -0.25) is 9.18 Å². The third kappa shape index (κ3) is 1.87. The van der Waals surface area contributed by atoms with E-state index in [-0.39, 0.29) is 18.4 Å². The van der Waals surface area contributed by atoms with Crippen LogP contribution < -0.4 is 11.1 Å². The molecule has 1 saturated heterocycles. The molecule has 1 aromatic carbocycles. The maximum Gasteiger partial charge on any atom is 0.289 e. The number of nitrogens with one attached hydrogen (secondary N) is 1. The fourth-order valence-corrected chi connectivity index (χ4v) is 2.52. The van der Waals surface area contributed by atoms with Crippen molar-refractivity contribution < 1.29 is 18.7 Å². The summed E-state index contributed by atoms with van der Waals surface area (Å²) in [6.45, 7) is -0.127.